The van der Waals surface area contributed by atoms with E-state index in [9.17, 15) is 0 Å². The third-order valence-corrected chi connectivity index (χ3v) is 4.85. The molecule has 3 aliphatic rings. The van der Waals surface area contributed by atoms with Crippen LogP contribution in [-0.4, -0.2) is 91.0 Å². The molecular weight excluding hydrogens is 340 g/mol. The maximum Gasteiger partial charge on any atom is 0.104 e. The van der Waals surface area contributed by atoms with Crippen LogP contribution in [0.2, 0.25) is 0 Å². The Morgan fingerprint density at radius 1 is 0.769 bits per heavy atom. The van der Waals surface area contributed by atoms with Gasteiger partial charge in [-0.25, -0.2) is 0 Å². The molecule has 0 amide bonds. The highest BCUT2D eigenvalue weighted by atomic mass is 16.6. The van der Waals surface area contributed by atoms with E-state index in [-0.39, 0.29) is 23.7 Å². The third kappa shape index (κ3) is 8.17. The summed E-state index contributed by atoms with van der Waals surface area (Å²) in [6.07, 6.45) is 1.84. The monoisotopic (exact) mass is 374 g/mol. The first-order valence-corrected chi connectivity index (χ1v) is 9.85. The molecule has 3 saturated heterocycles. The Balaban J connectivity index is 1.49. The Kier molecular flexibility index (Phi) is 8.11. The van der Waals surface area contributed by atoms with Gasteiger partial charge in [0, 0.05) is 6.61 Å². The Bertz CT molecular complexity index is 348. The fourth-order valence-corrected chi connectivity index (χ4v) is 2.56. The molecule has 0 saturated carbocycles. The van der Waals surface area contributed by atoms with Crippen molar-refractivity contribution in [2.75, 3.05) is 72.7 Å². The van der Waals surface area contributed by atoms with Gasteiger partial charge in [0.05, 0.1) is 71.5 Å². The molecule has 7 heteroatoms. The van der Waals surface area contributed by atoms with Crippen LogP contribution in [0.3, 0.4) is 0 Å². The van der Waals surface area contributed by atoms with Crippen LogP contribution >= 0.6 is 0 Å². The standard InChI is InChI=1S/C19H34O7/c1-3-15(2)4-20-11-19(12-21-5-16-8-24-16,13-22-6-17-9-25-17)14-23-7-18-10-26-18/h15-18H,3-14H2,1-2H3. The van der Waals surface area contributed by atoms with Gasteiger partial charge in [-0.05, 0) is 5.92 Å². The molecule has 0 spiro atoms. The van der Waals surface area contributed by atoms with E-state index in [1.807, 2.05) is 0 Å². The first-order valence-electron chi connectivity index (χ1n) is 9.85. The molecule has 0 radical (unpaired) electrons. The highest BCUT2D eigenvalue weighted by molar-refractivity contribution is 4.82. The SMILES string of the molecule is CCC(C)COCC(COCC1CO1)(COCC1CO1)COCC1CO1. The van der Waals surface area contributed by atoms with Gasteiger partial charge in [0.25, 0.3) is 0 Å². The van der Waals surface area contributed by atoms with Gasteiger partial charge in [-0.15, -0.1) is 0 Å². The zero-order valence-electron chi connectivity index (χ0n) is 16.2. The molecule has 0 bridgehead atoms. The Labute approximate surface area is 156 Å². The summed E-state index contributed by atoms with van der Waals surface area (Å²) in [7, 11) is 0. The summed E-state index contributed by atoms with van der Waals surface area (Å²) in [5.41, 5.74) is -0.327. The molecule has 0 aliphatic carbocycles. The van der Waals surface area contributed by atoms with Gasteiger partial charge in [-0.2, -0.15) is 0 Å². The maximum atomic E-state index is 6.04. The number of epoxide rings is 3. The number of hydrogen-bond donors (Lipinski definition) is 0. The highest BCUT2D eigenvalue weighted by Crippen LogP contribution is 2.24. The molecule has 3 heterocycles. The molecule has 0 aromatic heterocycles. The second-order valence-electron chi connectivity index (χ2n) is 7.94. The van der Waals surface area contributed by atoms with Crippen molar-refractivity contribution in [2.24, 2.45) is 11.3 Å². The summed E-state index contributed by atoms with van der Waals surface area (Å²) >= 11 is 0. The molecule has 0 aromatic rings. The molecule has 7 nitrogen and oxygen atoms in total. The lowest BCUT2D eigenvalue weighted by Crippen LogP contribution is -2.43. The van der Waals surface area contributed by atoms with Crippen molar-refractivity contribution < 1.29 is 33.2 Å². The maximum absolute atomic E-state index is 6.04. The van der Waals surface area contributed by atoms with Gasteiger partial charge in [0.2, 0.25) is 0 Å². The minimum absolute atomic E-state index is 0.246. The average Bonchev–Trinajstić information content (AvgIpc) is 3.45. The minimum Gasteiger partial charge on any atom is -0.380 e. The van der Waals surface area contributed by atoms with Crippen LogP contribution in [0, 0.1) is 11.3 Å². The van der Waals surface area contributed by atoms with Crippen molar-refractivity contribution in [3.05, 3.63) is 0 Å². The van der Waals surface area contributed by atoms with E-state index in [0.29, 0.717) is 52.2 Å². The summed E-state index contributed by atoms with van der Waals surface area (Å²) in [5, 5.41) is 0. The molecular formula is C19H34O7. The topological polar surface area (TPSA) is 74.5 Å². The zero-order chi connectivity index (χ0) is 18.2. The predicted octanol–water partition coefficient (Wildman–Crippen LogP) is 1.28. The summed E-state index contributed by atoms with van der Waals surface area (Å²) in [5.74, 6) is 0.537. The van der Waals surface area contributed by atoms with Crippen LogP contribution in [0.25, 0.3) is 0 Å². The summed E-state index contributed by atoms with van der Waals surface area (Å²) in [6, 6.07) is 0. The smallest absolute Gasteiger partial charge is 0.104 e. The first-order chi connectivity index (χ1) is 12.7. The average molecular weight is 374 g/mol. The van der Waals surface area contributed by atoms with E-state index in [1.54, 1.807) is 0 Å². The van der Waals surface area contributed by atoms with Crippen LogP contribution in [0.1, 0.15) is 20.3 Å². The lowest BCUT2D eigenvalue weighted by Gasteiger charge is -2.33. The quantitative estimate of drug-likeness (QED) is 0.355. The molecule has 4 unspecified atom stereocenters. The molecule has 0 aromatic carbocycles. The van der Waals surface area contributed by atoms with Crippen LogP contribution in [0.4, 0.5) is 0 Å². The minimum atomic E-state index is -0.327. The molecule has 3 aliphatic heterocycles. The largest absolute Gasteiger partial charge is 0.380 e. The predicted molar refractivity (Wildman–Crippen MR) is 94.4 cm³/mol. The normalized spacial score (nSPS) is 30.0. The van der Waals surface area contributed by atoms with Gasteiger partial charge in [-0.1, -0.05) is 20.3 Å². The second-order valence-corrected chi connectivity index (χ2v) is 7.94. The molecule has 4 atom stereocenters. The Hall–Kier alpha value is -0.280. The van der Waals surface area contributed by atoms with E-state index < -0.39 is 0 Å². The second kappa shape index (κ2) is 10.3. The number of hydrogen-bond acceptors (Lipinski definition) is 7. The molecule has 152 valence electrons. The first kappa shape index (κ1) is 20.5. The Morgan fingerprint density at radius 2 is 1.15 bits per heavy atom. The van der Waals surface area contributed by atoms with Crippen molar-refractivity contribution in [3.63, 3.8) is 0 Å². The van der Waals surface area contributed by atoms with Crippen molar-refractivity contribution in [1.29, 1.82) is 0 Å². The lowest BCUT2D eigenvalue weighted by atomic mass is 9.92. The van der Waals surface area contributed by atoms with Crippen molar-refractivity contribution in [3.8, 4) is 0 Å². The molecule has 3 rings (SSSR count). The van der Waals surface area contributed by atoms with Gasteiger partial charge in [-0.3, -0.25) is 0 Å². The van der Waals surface area contributed by atoms with Gasteiger partial charge < -0.3 is 33.2 Å². The van der Waals surface area contributed by atoms with Crippen LogP contribution in [0.15, 0.2) is 0 Å². The fourth-order valence-electron chi connectivity index (χ4n) is 2.56. The van der Waals surface area contributed by atoms with E-state index in [0.717, 1.165) is 32.8 Å². The van der Waals surface area contributed by atoms with Crippen molar-refractivity contribution >= 4 is 0 Å². The van der Waals surface area contributed by atoms with E-state index in [4.69, 9.17) is 33.2 Å². The number of ether oxygens (including phenoxy) is 7. The highest BCUT2D eigenvalue weighted by Gasteiger charge is 2.36. The van der Waals surface area contributed by atoms with Crippen molar-refractivity contribution in [1.82, 2.24) is 0 Å². The molecule has 3 fully saturated rings. The van der Waals surface area contributed by atoms with Crippen molar-refractivity contribution in [2.45, 2.75) is 38.6 Å². The lowest BCUT2D eigenvalue weighted by molar-refractivity contribution is -0.112. The van der Waals surface area contributed by atoms with E-state index in [2.05, 4.69) is 13.8 Å². The summed E-state index contributed by atoms with van der Waals surface area (Å²) in [6.45, 7) is 11.5. The Morgan fingerprint density at radius 3 is 1.50 bits per heavy atom. The summed E-state index contributed by atoms with van der Waals surface area (Å²) < 4.78 is 39.5. The van der Waals surface area contributed by atoms with Crippen LogP contribution < -0.4 is 0 Å². The number of rotatable bonds is 17. The molecule has 26 heavy (non-hydrogen) atoms. The third-order valence-electron chi connectivity index (χ3n) is 4.85. The van der Waals surface area contributed by atoms with Gasteiger partial charge >= 0.3 is 0 Å². The summed E-state index contributed by atoms with van der Waals surface area (Å²) in [4.78, 5) is 0. The molecule has 0 N–H and O–H groups in total. The zero-order valence-corrected chi connectivity index (χ0v) is 16.2. The fraction of sp³-hybridized carbons (Fsp3) is 1.00. The van der Waals surface area contributed by atoms with Crippen LogP contribution in [0.5, 0.6) is 0 Å². The van der Waals surface area contributed by atoms with E-state index in [1.165, 1.54) is 0 Å². The van der Waals surface area contributed by atoms with E-state index >= 15 is 0 Å². The van der Waals surface area contributed by atoms with Gasteiger partial charge in [0.15, 0.2) is 0 Å². The van der Waals surface area contributed by atoms with Gasteiger partial charge in [0.1, 0.15) is 18.3 Å². The van der Waals surface area contributed by atoms with Crippen LogP contribution in [-0.2, 0) is 33.2 Å².